The van der Waals surface area contributed by atoms with Crippen molar-refractivity contribution >= 4 is 17.4 Å². The SMILES string of the molecule is O=C(c1ccc(O)cc1)C(Cl)c1ccccc1. The van der Waals surface area contributed by atoms with E-state index in [2.05, 4.69) is 0 Å². The van der Waals surface area contributed by atoms with Crippen molar-refractivity contribution in [1.82, 2.24) is 0 Å². The van der Waals surface area contributed by atoms with Crippen molar-refractivity contribution < 1.29 is 9.90 Å². The minimum Gasteiger partial charge on any atom is -0.508 e. The number of phenols is 1. The van der Waals surface area contributed by atoms with Crippen molar-refractivity contribution in [1.29, 1.82) is 0 Å². The van der Waals surface area contributed by atoms with Crippen molar-refractivity contribution in [2.45, 2.75) is 5.38 Å². The number of rotatable bonds is 3. The average Bonchev–Trinajstić information content (AvgIpc) is 2.39. The molecule has 2 aromatic rings. The maximum Gasteiger partial charge on any atom is 0.185 e. The van der Waals surface area contributed by atoms with Gasteiger partial charge in [0.2, 0.25) is 0 Å². The number of ketones is 1. The maximum atomic E-state index is 12.0. The maximum absolute atomic E-state index is 12.0. The number of hydrogen-bond acceptors (Lipinski definition) is 2. The Morgan fingerprint density at radius 2 is 1.59 bits per heavy atom. The number of aromatic hydroxyl groups is 1. The molecular weight excluding hydrogens is 236 g/mol. The minimum absolute atomic E-state index is 0.132. The van der Waals surface area contributed by atoms with Crippen LogP contribution >= 0.6 is 11.6 Å². The van der Waals surface area contributed by atoms with Crippen molar-refractivity contribution in [2.24, 2.45) is 0 Å². The van der Waals surface area contributed by atoms with E-state index in [-0.39, 0.29) is 11.5 Å². The number of halogens is 1. The number of carbonyl (C=O) groups is 1. The summed E-state index contributed by atoms with van der Waals surface area (Å²) in [6.45, 7) is 0. The lowest BCUT2D eigenvalue weighted by atomic mass is 10.0. The molecule has 0 saturated heterocycles. The van der Waals surface area contributed by atoms with E-state index >= 15 is 0 Å². The van der Waals surface area contributed by atoms with E-state index in [0.29, 0.717) is 5.56 Å². The Hall–Kier alpha value is -1.80. The number of Topliss-reactive ketones (excluding diaryl/α,β-unsaturated/α-hetero) is 1. The largest absolute Gasteiger partial charge is 0.508 e. The number of alkyl halides is 1. The van der Waals surface area contributed by atoms with Crippen LogP contribution in [0, 0.1) is 0 Å². The lowest BCUT2D eigenvalue weighted by Crippen LogP contribution is -2.07. The smallest absolute Gasteiger partial charge is 0.185 e. The Morgan fingerprint density at radius 1 is 1.00 bits per heavy atom. The summed E-state index contributed by atoms with van der Waals surface area (Å²) in [6.07, 6.45) is 0. The first kappa shape index (κ1) is 11.7. The normalized spacial score (nSPS) is 12.1. The molecule has 0 aliphatic heterocycles. The predicted molar refractivity (Wildman–Crippen MR) is 67.5 cm³/mol. The van der Waals surface area contributed by atoms with Crippen LogP contribution in [0.5, 0.6) is 5.75 Å². The van der Waals surface area contributed by atoms with E-state index in [0.717, 1.165) is 5.56 Å². The summed E-state index contributed by atoms with van der Waals surface area (Å²) in [5.74, 6) is -0.0368. The molecule has 0 radical (unpaired) electrons. The van der Waals surface area contributed by atoms with Gasteiger partial charge < -0.3 is 5.11 Å². The second kappa shape index (κ2) is 5.02. The molecule has 0 aromatic heterocycles. The lowest BCUT2D eigenvalue weighted by molar-refractivity contribution is 0.0987. The van der Waals surface area contributed by atoms with Crippen molar-refractivity contribution in [2.75, 3.05) is 0 Å². The van der Waals surface area contributed by atoms with Gasteiger partial charge >= 0.3 is 0 Å². The fourth-order valence-electron chi connectivity index (χ4n) is 1.55. The summed E-state index contributed by atoms with van der Waals surface area (Å²) in [5.41, 5.74) is 1.26. The Balaban J connectivity index is 2.23. The molecule has 3 heteroatoms. The number of phenolic OH excluding ortho intramolecular Hbond substituents is 1. The van der Waals surface area contributed by atoms with Crippen LogP contribution in [-0.4, -0.2) is 10.9 Å². The van der Waals surface area contributed by atoms with Crippen molar-refractivity contribution in [3.05, 3.63) is 65.7 Å². The number of benzene rings is 2. The van der Waals surface area contributed by atoms with Gasteiger partial charge in [0.25, 0.3) is 0 Å². The summed E-state index contributed by atoms with van der Waals surface area (Å²) in [4.78, 5) is 12.0. The predicted octanol–water partition coefficient (Wildman–Crippen LogP) is 3.56. The van der Waals surface area contributed by atoms with Gasteiger partial charge in [-0.15, -0.1) is 11.6 Å². The first-order chi connectivity index (χ1) is 8.18. The summed E-state index contributed by atoms with van der Waals surface area (Å²) in [6, 6.07) is 15.3. The highest BCUT2D eigenvalue weighted by Gasteiger charge is 2.18. The highest BCUT2D eigenvalue weighted by Crippen LogP contribution is 2.25. The Labute approximate surface area is 104 Å². The fraction of sp³-hybridized carbons (Fsp3) is 0.0714. The molecule has 0 saturated carbocycles. The lowest BCUT2D eigenvalue weighted by Gasteiger charge is -2.08. The summed E-state index contributed by atoms with van der Waals surface area (Å²) in [5, 5.41) is 8.46. The Bertz CT molecular complexity index is 506. The highest BCUT2D eigenvalue weighted by atomic mass is 35.5. The van der Waals surface area contributed by atoms with Crippen LogP contribution in [0.2, 0.25) is 0 Å². The molecule has 2 rings (SSSR count). The molecule has 0 aliphatic carbocycles. The Morgan fingerprint density at radius 3 is 2.18 bits per heavy atom. The van der Waals surface area contributed by atoms with Gasteiger partial charge in [0.05, 0.1) is 0 Å². The fourth-order valence-corrected chi connectivity index (χ4v) is 1.82. The second-order valence-electron chi connectivity index (χ2n) is 3.68. The monoisotopic (exact) mass is 246 g/mol. The van der Waals surface area contributed by atoms with Crippen LogP contribution in [0.3, 0.4) is 0 Å². The van der Waals surface area contributed by atoms with Gasteiger partial charge in [0, 0.05) is 5.56 Å². The molecular formula is C14H11ClO2. The van der Waals surface area contributed by atoms with Crippen LogP contribution in [0.4, 0.5) is 0 Å². The molecule has 1 atom stereocenters. The number of hydrogen-bond donors (Lipinski definition) is 1. The van der Waals surface area contributed by atoms with Gasteiger partial charge in [-0.25, -0.2) is 0 Å². The molecule has 1 N–H and O–H groups in total. The zero-order valence-corrected chi connectivity index (χ0v) is 9.76. The van der Waals surface area contributed by atoms with Gasteiger partial charge in [-0.3, -0.25) is 4.79 Å². The number of carbonyl (C=O) groups excluding carboxylic acids is 1. The molecule has 0 aliphatic rings. The molecule has 0 heterocycles. The van der Waals surface area contributed by atoms with Gasteiger partial charge in [0.15, 0.2) is 5.78 Å². The Kier molecular flexibility index (Phi) is 3.45. The van der Waals surface area contributed by atoms with Gasteiger partial charge in [0.1, 0.15) is 11.1 Å². The minimum atomic E-state index is -0.694. The quantitative estimate of drug-likeness (QED) is 0.664. The summed E-state index contributed by atoms with van der Waals surface area (Å²) in [7, 11) is 0. The van der Waals surface area contributed by atoms with E-state index in [1.54, 1.807) is 12.1 Å². The van der Waals surface area contributed by atoms with E-state index in [9.17, 15) is 4.79 Å². The van der Waals surface area contributed by atoms with E-state index in [1.807, 2.05) is 30.3 Å². The molecule has 1 unspecified atom stereocenters. The van der Waals surface area contributed by atoms with Crippen molar-refractivity contribution in [3.63, 3.8) is 0 Å². The van der Waals surface area contributed by atoms with Gasteiger partial charge in [-0.1, -0.05) is 30.3 Å². The standard InChI is InChI=1S/C14H11ClO2/c15-13(10-4-2-1-3-5-10)14(17)11-6-8-12(16)9-7-11/h1-9,13,16H. The van der Waals surface area contributed by atoms with Crippen LogP contribution in [0.25, 0.3) is 0 Å². The van der Waals surface area contributed by atoms with E-state index in [1.165, 1.54) is 12.1 Å². The second-order valence-corrected chi connectivity index (χ2v) is 4.12. The van der Waals surface area contributed by atoms with Gasteiger partial charge in [-0.05, 0) is 29.8 Å². The summed E-state index contributed by atoms with van der Waals surface area (Å²) >= 11 is 6.12. The van der Waals surface area contributed by atoms with E-state index in [4.69, 9.17) is 16.7 Å². The molecule has 0 fully saturated rings. The zero-order valence-electron chi connectivity index (χ0n) is 9.01. The first-order valence-corrected chi connectivity index (χ1v) is 5.64. The van der Waals surface area contributed by atoms with Crippen LogP contribution in [-0.2, 0) is 0 Å². The average molecular weight is 247 g/mol. The molecule has 0 amide bonds. The molecule has 2 nitrogen and oxygen atoms in total. The van der Waals surface area contributed by atoms with E-state index < -0.39 is 5.38 Å². The van der Waals surface area contributed by atoms with Crippen LogP contribution in [0.1, 0.15) is 21.3 Å². The molecule has 86 valence electrons. The third-order valence-corrected chi connectivity index (χ3v) is 2.92. The highest BCUT2D eigenvalue weighted by molar-refractivity contribution is 6.33. The molecule has 17 heavy (non-hydrogen) atoms. The van der Waals surface area contributed by atoms with Crippen LogP contribution < -0.4 is 0 Å². The third-order valence-electron chi connectivity index (χ3n) is 2.47. The first-order valence-electron chi connectivity index (χ1n) is 5.21. The third kappa shape index (κ3) is 2.66. The molecule has 2 aromatic carbocycles. The van der Waals surface area contributed by atoms with Crippen LogP contribution in [0.15, 0.2) is 54.6 Å². The van der Waals surface area contributed by atoms with Crippen molar-refractivity contribution in [3.8, 4) is 5.75 Å². The molecule has 0 bridgehead atoms. The molecule has 0 spiro atoms. The summed E-state index contributed by atoms with van der Waals surface area (Å²) < 4.78 is 0. The topological polar surface area (TPSA) is 37.3 Å². The van der Waals surface area contributed by atoms with Gasteiger partial charge in [-0.2, -0.15) is 0 Å². The zero-order chi connectivity index (χ0) is 12.3.